The Kier molecular flexibility index (Phi) is 3.74. The van der Waals surface area contributed by atoms with Gasteiger partial charge in [0.05, 0.1) is 12.8 Å². The highest BCUT2D eigenvalue weighted by atomic mass is 79.9. The Labute approximate surface area is 92.7 Å². The van der Waals surface area contributed by atoms with E-state index in [1.165, 1.54) is 7.11 Å². The normalized spacial score (nSPS) is 9.46. The molecule has 1 rings (SSSR count). The molecule has 0 aliphatic heterocycles. The second kappa shape index (κ2) is 4.62. The maximum Gasteiger partial charge on any atom is 0.411 e. The van der Waals surface area contributed by atoms with E-state index in [4.69, 9.17) is 0 Å². The molecule has 1 amide bonds. The number of carbonyl (C=O) groups is 1. The molecule has 0 unspecified atom stereocenters. The van der Waals surface area contributed by atoms with Crippen molar-refractivity contribution in [2.75, 3.05) is 12.4 Å². The lowest BCUT2D eigenvalue weighted by Crippen LogP contribution is -2.11. The maximum absolute atomic E-state index is 10.9. The van der Waals surface area contributed by atoms with Crippen LogP contribution in [0.4, 0.5) is 10.5 Å². The third-order valence-corrected chi connectivity index (χ3v) is 2.70. The highest BCUT2D eigenvalue weighted by Gasteiger charge is 2.07. The maximum atomic E-state index is 10.9. The Balaban J connectivity index is 2.93. The highest BCUT2D eigenvalue weighted by Crippen LogP contribution is 2.30. The van der Waals surface area contributed by atoms with Crippen LogP contribution in [0, 0.1) is 0 Å². The van der Waals surface area contributed by atoms with Gasteiger partial charge >= 0.3 is 6.09 Å². The molecule has 1 N–H and O–H groups in total. The molecule has 0 saturated heterocycles. The largest absolute Gasteiger partial charge is 0.453 e. The number of amides is 1. The summed E-state index contributed by atoms with van der Waals surface area (Å²) in [6.07, 6.45) is -0.493. The van der Waals surface area contributed by atoms with Crippen molar-refractivity contribution >= 4 is 43.6 Å². The van der Waals surface area contributed by atoms with Crippen LogP contribution in [0.2, 0.25) is 0 Å². The van der Waals surface area contributed by atoms with E-state index in [9.17, 15) is 4.79 Å². The minimum Gasteiger partial charge on any atom is -0.453 e. The van der Waals surface area contributed by atoms with Gasteiger partial charge in [-0.25, -0.2) is 4.79 Å². The van der Waals surface area contributed by atoms with Crippen LogP contribution in [0.15, 0.2) is 27.1 Å². The van der Waals surface area contributed by atoms with Gasteiger partial charge in [-0.2, -0.15) is 0 Å². The van der Waals surface area contributed by atoms with Crippen molar-refractivity contribution in [1.82, 2.24) is 0 Å². The number of para-hydroxylation sites is 1. The van der Waals surface area contributed by atoms with Crippen LogP contribution in [0.25, 0.3) is 0 Å². The van der Waals surface area contributed by atoms with Gasteiger partial charge in [-0.15, -0.1) is 0 Å². The lowest BCUT2D eigenvalue weighted by molar-refractivity contribution is 0.187. The summed E-state index contributed by atoms with van der Waals surface area (Å²) in [7, 11) is 1.32. The molecule has 0 saturated carbocycles. The van der Waals surface area contributed by atoms with Crippen LogP contribution in [0.3, 0.4) is 0 Å². The summed E-state index contributed by atoms with van der Waals surface area (Å²) in [5.41, 5.74) is 0.661. The fourth-order valence-corrected chi connectivity index (χ4v) is 1.97. The number of anilines is 1. The zero-order chi connectivity index (χ0) is 9.84. The molecular formula is C8H7Br2NO2. The molecular weight excluding hydrogens is 302 g/mol. The Morgan fingerprint density at radius 2 is 1.92 bits per heavy atom. The second-order valence-corrected chi connectivity index (χ2v) is 3.92. The van der Waals surface area contributed by atoms with Crippen LogP contribution in [-0.2, 0) is 4.74 Å². The van der Waals surface area contributed by atoms with Gasteiger partial charge in [-0.1, -0.05) is 6.07 Å². The molecule has 13 heavy (non-hydrogen) atoms. The number of rotatable bonds is 1. The first-order valence-electron chi connectivity index (χ1n) is 3.44. The summed E-state index contributed by atoms with van der Waals surface area (Å²) in [5, 5.41) is 2.57. The van der Waals surface area contributed by atoms with Gasteiger partial charge in [0.1, 0.15) is 0 Å². The second-order valence-electron chi connectivity index (χ2n) is 2.21. The molecule has 0 fully saturated rings. The Morgan fingerprint density at radius 3 is 2.38 bits per heavy atom. The first kappa shape index (κ1) is 10.5. The first-order valence-corrected chi connectivity index (χ1v) is 5.02. The summed E-state index contributed by atoms with van der Waals surface area (Å²) in [4.78, 5) is 10.9. The predicted octanol–water partition coefficient (Wildman–Crippen LogP) is 3.39. The summed E-state index contributed by atoms with van der Waals surface area (Å²) < 4.78 is 6.07. The summed E-state index contributed by atoms with van der Waals surface area (Å²) in [6, 6.07) is 5.52. The number of hydrogen-bond donors (Lipinski definition) is 1. The number of halogens is 2. The van der Waals surface area contributed by atoms with E-state index in [0.29, 0.717) is 5.69 Å². The fraction of sp³-hybridized carbons (Fsp3) is 0.125. The number of hydrogen-bond acceptors (Lipinski definition) is 2. The van der Waals surface area contributed by atoms with E-state index in [2.05, 4.69) is 41.9 Å². The summed E-state index contributed by atoms with van der Waals surface area (Å²) in [5.74, 6) is 0. The molecule has 1 aromatic carbocycles. The lowest BCUT2D eigenvalue weighted by Gasteiger charge is -2.07. The van der Waals surface area contributed by atoms with Gasteiger partial charge < -0.3 is 4.74 Å². The van der Waals surface area contributed by atoms with Crippen molar-refractivity contribution in [2.24, 2.45) is 0 Å². The highest BCUT2D eigenvalue weighted by molar-refractivity contribution is 9.11. The molecule has 0 heterocycles. The third-order valence-electron chi connectivity index (χ3n) is 1.38. The van der Waals surface area contributed by atoms with E-state index in [1.807, 2.05) is 18.2 Å². The number of nitrogens with one attached hydrogen (secondary N) is 1. The predicted molar refractivity (Wildman–Crippen MR) is 57.9 cm³/mol. The molecule has 0 aromatic heterocycles. The zero-order valence-corrected chi connectivity index (χ0v) is 9.98. The van der Waals surface area contributed by atoms with Gasteiger partial charge in [0, 0.05) is 8.95 Å². The van der Waals surface area contributed by atoms with Crippen LogP contribution < -0.4 is 5.32 Å². The van der Waals surface area contributed by atoms with Gasteiger partial charge in [0.15, 0.2) is 0 Å². The molecule has 0 radical (unpaired) electrons. The van der Waals surface area contributed by atoms with E-state index in [-0.39, 0.29) is 0 Å². The van der Waals surface area contributed by atoms with Crippen LogP contribution in [0.1, 0.15) is 0 Å². The summed E-state index contributed by atoms with van der Waals surface area (Å²) >= 11 is 6.61. The minimum absolute atomic E-state index is 0.493. The van der Waals surface area contributed by atoms with Crippen molar-refractivity contribution in [1.29, 1.82) is 0 Å². The smallest absolute Gasteiger partial charge is 0.411 e. The standard InChI is InChI=1S/C8H7Br2NO2/c1-13-8(12)11-7-5(9)3-2-4-6(7)10/h2-4H,1H3,(H,11,12). The van der Waals surface area contributed by atoms with E-state index >= 15 is 0 Å². The van der Waals surface area contributed by atoms with Crippen LogP contribution >= 0.6 is 31.9 Å². The van der Waals surface area contributed by atoms with Gasteiger partial charge in [0.25, 0.3) is 0 Å². The molecule has 0 aliphatic carbocycles. The third kappa shape index (κ3) is 2.70. The number of methoxy groups -OCH3 is 1. The monoisotopic (exact) mass is 307 g/mol. The van der Waals surface area contributed by atoms with Crippen molar-refractivity contribution in [3.05, 3.63) is 27.1 Å². The molecule has 0 aliphatic rings. The van der Waals surface area contributed by atoms with E-state index in [1.54, 1.807) is 0 Å². The summed E-state index contributed by atoms with van der Waals surface area (Å²) in [6.45, 7) is 0. The van der Waals surface area contributed by atoms with Crippen molar-refractivity contribution in [3.63, 3.8) is 0 Å². The van der Waals surface area contributed by atoms with Gasteiger partial charge in [-0.05, 0) is 44.0 Å². The Bertz CT molecular complexity index is 308. The SMILES string of the molecule is COC(=O)Nc1c(Br)cccc1Br. The van der Waals surface area contributed by atoms with E-state index in [0.717, 1.165) is 8.95 Å². The molecule has 3 nitrogen and oxygen atoms in total. The minimum atomic E-state index is -0.493. The number of carbonyl (C=O) groups excluding carboxylic acids is 1. The average Bonchev–Trinajstić information content (AvgIpc) is 2.11. The zero-order valence-electron chi connectivity index (χ0n) is 6.80. The Hall–Kier alpha value is -0.550. The lowest BCUT2D eigenvalue weighted by atomic mass is 10.3. The molecule has 0 bridgehead atoms. The molecule has 0 atom stereocenters. The van der Waals surface area contributed by atoms with Crippen molar-refractivity contribution < 1.29 is 9.53 Å². The van der Waals surface area contributed by atoms with Crippen LogP contribution in [0.5, 0.6) is 0 Å². The Morgan fingerprint density at radius 1 is 1.38 bits per heavy atom. The molecule has 0 spiro atoms. The topological polar surface area (TPSA) is 38.3 Å². The fourth-order valence-electron chi connectivity index (χ4n) is 0.770. The van der Waals surface area contributed by atoms with Crippen molar-refractivity contribution in [3.8, 4) is 0 Å². The molecule has 70 valence electrons. The molecule has 5 heteroatoms. The van der Waals surface area contributed by atoms with Gasteiger partial charge in [0.2, 0.25) is 0 Å². The molecule has 1 aromatic rings. The quantitative estimate of drug-likeness (QED) is 0.863. The van der Waals surface area contributed by atoms with Crippen molar-refractivity contribution in [2.45, 2.75) is 0 Å². The first-order chi connectivity index (χ1) is 6.15. The van der Waals surface area contributed by atoms with Gasteiger partial charge in [-0.3, -0.25) is 5.32 Å². The van der Waals surface area contributed by atoms with E-state index < -0.39 is 6.09 Å². The van der Waals surface area contributed by atoms with Crippen LogP contribution in [-0.4, -0.2) is 13.2 Å². The number of ether oxygens (including phenoxy) is 1. The number of benzene rings is 1. The average molecular weight is 309 g/mol.